The summed E-state index contributed by atoms with van der Waals surface area (Å²) in [6.07, 6.45) is 0. The Morgan fingerprint density at radius 1 is 1.38 bits per heavy atom. The minimum atomic E-state index is -0.548. The van der Waals surface area contributed by atoms with E-state index in [2.05, 4.69) is 10.3 Å². The predicted octanol–water partition coefficient (Wildman–Crippen LogP) is 4.26. The van der Waals surface area contributed by atoms with Gasteiger partial charge in [-0.2, -0.15) is 0 Å². The highest BCUT2D eigenvalue weighted by molar-refractivity contribution is 6.29. The molecule has 0 saturated carbocycles. The molecule has 5 nitrogen and oxygen atoms in total. The maximum absolute atomic E-state index is 13.6. The van der Waals surface area contributed by atoms with E-state index in [4.69, 9.17) is 11.6 Å². The lowest BCUT2D eigenvalue weighted by atomic mass is 10.1. The van der Waals surface area contributed by atoms with Gasteiger partial charge in [-0.25, -0.2) is 9.37 Å². The van der Waals surface area contributed by atoms with Crippen LogP contribution in [0.1, 0.15) is 24.1 Å². The minimum absolute atomic E-state index is 0.0565. The molecule has 1 atom stereocenters. The van der Waals surface area contributed by atoms with Crippen LogP contribution in [0, 0.1) is 22.9 Å². The van der Waals surface area contributed by atoms with Crippen molar-refractivity contribution in [3.05, 3.63) is 62.5 Å². The fraction of sp³-hybridized carbons (Fsp3) is 0.214. The number of nitrogens with zero attached hydrogens (tertiary/aromatic N) is 2. The van der Waals surface area contributed by atoms with Gasteiger partial charge in [-0.05, 0) is 37.1 Å². The molecule has 0 spiro atoms. The number of anilines is 1. The number of aromatic nitrogens is 1. The summed E-state index contributed by atoms with van der Waals surface area (Å²) in [7, 11) is 0. The SMILES string of the molecule is Cc1ccc(C(C)Nc2nc(Cl)ccc2[N+](=O)[O-])cc1F. The van der Waals surface area contributed by atoms with E-state index >= 15 is 0 Å². The number of rotatable bonds is 4. The second-order valence-electron chi connectivity index (χ2n) is 4.63. The minimum Gasteiger partial charge on any atom is -0.358 e. The Bertz CT molecular complexity index is 694. The topological polar surface area (TPSA) is 68.1 Å². The van der Waals surface area contributed by atoms with Crippen molar-refractivity contribution in [3.8, 4) is 0 Å². The number of pyridine rings is 1. The molecule has 0 saturated heterocycles. The molecule has 0 bridgehead atoms. The second-order valence-corrected chi connectivity index (χ2v) is 5.02. The van der Waals surface area contributed by atoms with Crippen LogP contribution in [0.5, 0.6) is 0 Å². The van der Waals surface area contributed by atoms with Crippen LogP contribution >= 0.6 is 11.6 Å². The highest BCUT2D eigenvalue weighted by atomic mass is 35.5. The first-order valence-corrected chi connectivity index (χ1v) is 6.60. The molecule has 1 aromatic heterocycles. The lowest BCUT2D eigenvalue weighted by molar-refractivity contribution is -0.384. The van der Waals surface area contributed by atoms with Crippen molar-refractivity contribution in [2.75, 3.05) is 5.32 Å². The van der Waals surface area contributed by atoms with Crippen molar-refractivity contribution in [3.63, 3.8) is 0 Å². The lowest BCUT2D eigenvalue weighted by Crippen LogP contribution is -2.10. The molecule has 110 valence electrons. The van der Waals surface area contributed by atoms with Gasteiger partial charge >= 0.3 is 5.69 Å². The third kappa shape index (κ3) is 3.46. The Morgan fingerprint density at radius 3 is 2.71 bits per heavy atom. The van der Waals surface area contributed by atoms with Crippen LogP contribution in [0.2, 0.25) is 5.15 Å². The first kappa shape index (κ1) is 15.2. The molecule has 1 N–H and O–H groups in total. The van der Waals surface area contributed by atoms with Crippen molar-refractivity contribution in [2.45, 2.75) is 19.9 Å². The summed E-state index contributed by atoms with van der Waals surface area (Å²) >= 11 is 5.76. The first-order valence-electron chi connectivity index (χ1n) is 6.22. The Balaban J connectivity index is 2.30. The summed E-state index contributed by atoms with van der Waals surface area (Å²) in [6.45, 7) is 3.43. The molecule has 0 aliphatic carbocycles. The second kappa shape index (κ2) is 6.05. The molecule has 1 aromatic carbocycles. The average Bonchev–Trinajstić information content (AvgIpc) is 2.41. The number of benzene rings is 1. The fourth-order valence-electron chi connectivity index (χ4n) is 1.85. The molecule has 0 radical (unpaired) electrons. The van der Waals surface area contributed by atoms with Gasteiger partial charge in [0.15, 0.2) is 0 Å². The monoisotopic (exact) mass is 309 g/mol. The number of nitro groups is 1. The van der Waals surface area contributed by atoms with Gasteiger partial charge in [-0.3, -0.25) is 10.1 Å². The highest BCUT2D eigenvalue weighted by Crippen LogP contribution is 2.28. The molecule has 1 unspecified atom stereocenters. The number of aryl methyl sites for hydroxylation is 1. The predicted molar refractivity (Wildman–Crippen MR) is 79.1 cm³/mol. The molecule has 2 aromatic rings. The Hall–Kier alpha value is -2.21. The third-order valence-corrected chi connectivity index (χ3v) is 3.30. The van der Waals surface area contributed by atoms with E-state index in [-0.39, 0.29) is 28.5 Å². The van der Waals surface area contributed by atoms with Gasteiger partial charge in [0.1, 0.15) is 11.0 Å². The number of hydrogen-bond donors (Lipinski definition) is 1. The zero-order chi connectivity index (χ0) is 15.6. The normalized spacial score (nSPS) is 12.0. The number of halogens is 2. The summed E-state index contributed by atoms with van der Waals surface area (Å²) < 4.78 is 13.6. The quantitative estimate of drug-likeness (QED) is 0.520. The molecule has 0 fully saturated rings. The van der Waals surface area contributed by atoms with E-state index in [0.29, 0.717) is 11.1 Å². The van der Waals surface area contributed by atoms with E-state index in [1.54, 1.807) is 26.0 Å². The van der Waals surface area contributed by atoms with Crippen molar-refractivity contribution in [2.24, 2.45) is 0 Å². The highest BCUT2D eigenvalue weighted by Gasteiger charge is 2.18. The maximum Gasteiger partial charge on any atom is 0.311 e. The van der Waals surface area contributed by atoms with E-state index in [1.165, 1.54) is 18.2 Å². The van der Waals surface area contributed by atoms with Crippen molar-refractivity contribution >= 4 is 23.1 Å². The molecule has 2 rings (SSSR count). The fourth-order valence-corrected chi connectivity index (χ4v) is 2.00. The summed E-state index contributed by atoms with van der Waals surface area (Å²) in [6, 6.07) is 7.07. The Labute approximate surface area is 125 Å². The van der Waals surface area contributed by atoms with Crippen molar-refractivity contribution in [1.29, 1.82) is 0 Å². The Kier molecular flexibility index (Phi) is 4.37. The van der Waals surface area contributed by atoms with Gasteiger partial charge in [0, 0.05) is 6.07 Å². The molecule has 7 heteroatoms. The van der Waals surface area contributed by atoms with Crippen LogP contribution in [0.4, 0.5) is 15.9 Å². The zero-order valence-electron chi connectivity index (χ0n) is 11.4. The van der Waals surface area contributed by atoms with E-state index in [9.17, 15) is 14.5 Å². The van der Waals surface area contributed by atoms with Gasteiger partial charge < -0.3 is 5.32 Å². The first-order chi connectivity index (χ1) is 9.88. The Morgan fingerprint density at radius 2 is 2.10 bits per heavy atom. The van der Waals surface area contributed by atoms with E-state index < -0.39 is 4.92 Å². The average molecular weight is 310 g/mol. The van der Waals surface area contributed by atoms with Gasteiger partial charge in [0.25, 0.3) is 0 Å². The molecular weight excluding hydrogens is 297 g/mol. The molecule has 1 heterocycles. The largest absolute Gasteiger partial charge is 0.358 e. The van der Waals surface area contributed by atoms with Gasteiger partial charge in [-0.1, -0.05) is 23.7 Å². The van der Waals surface area contributed by atoms with E-state index in [1.807, 2.05) is 0 Å². The summed E-state index contributed by atoms with van der Waals surface area (Å²) in [4.78, 5) is 14.3. The third-order valence-electron chi connectivity index (χ3n) is 3.09. The number of nitrogens with one attached hydrogen (secondary N) is 1. The van der Waals surface area contributed by atoms with Crippen LogP contribution in [0.3, 0.4) is 0 Å². The van der Waals surface area contributed by atoms with Gasteiger partial charge in [0.2, 0.25) is 5.82 Å². The van der Waals surface area contributed by atoms with Gasteiger partial charge in [0.05, 0.1) is 11.0 Å². The lowest BCUT2D eigenvalue weighted by Gasteiger charge is -2.15. The van der Waals surface area contributed by atoms with Crippen LogP contribution < -0.4 is 5.32 Å². The maximum atomic E-state index is 13.6. The molecule has 0 aliphatic heterocycles. The summed E-state index contributed by atoms with van der Waals surface area (Å²) in [5.41, 5.74) is 1.02. The standard InChI is InChI=1S/C14H13ClFN3O2/c1-8-3-4-10(7-11(8)16)9(2)17-14-12(19(20)21)5-6-13(15)18-14/h3-7,9H,1-2H3,(H,17,18). The molecular formula is C14H13ClFN3O2. The van der Waals surface area contributed by atoms with Crippen LogP contribution in [-0.4, -0.2) is 9.91 Å². The summed E-state index contributed by atoms with van der Waals surface area (Å²) in [5, 5.41) is 14.0. The van der Waals surface area contributed by atoms with Crippen molar-refractivity contribution in [1.82, 2.24) is 4.98 Å². The molecule has 0 amide bonds. The van der Waals surface area contributed by atoms with Crippen LogP contribution in [0.15, 0.2) is 30.3 Å². The van der Waals surface area contributed by atoms with Crippen molar-refractivity contribution < 1.29 is 9.31 Å². The van der Waals surface area contributed by atoms with Gasteiger partial charge in [-0.15, -0.1) is 0 Å². The smallest absolute Gasteiger partial charge is 0.311 e. The zero-order valence-corrected chi connectivity index (χ0v) is 12.2. The van der Waals surface area contributed by atoms with E-state index in [0.717, 1.165) is 0 Å². The van der Waals surface area contributed by atoms with Crippen LogP contribution in [-0.2, 0) is 0 Å². The summed E-state index contributed by atoms with van der Waals surface area (Å²) in [5.74, 6) is -0.268. The van der Waals surface area contributed by atoms with Crippen LogP contribution in [0.25, 0.3) is 0 Å². The molecule has 21 heavy (non-hydrogen) atoms. The molecule has 0 aliphatic rings. The number of hydrogen-bond acceptors (Lipinski definition) is 4.